The average molecular weight is 634 g/mol. The number of carboxylic acid groups (broad SMARTS) is 1. The maximum atomic E-state index is 13.3. The van der Waals surface area contributed by atoms with Gasteiger partial charge in [0.05, 0.1) is 18.1 Å². The molecule has 14 heteroatoms. The van der Waals surface area contributed by atoms with Gasteiger partial charge in [-0.05, 0) is 69.2 Å². The number of piperidine rings is 1. The number of sulfonamides is 1. The number of nitrogens with zero attached hydrogens (tertiary/aromatic N) is 3. The highest BCUT2D eigenvalue weighted by Gasteiger charge is 2.41. The molecule has 2 amide bonds. The Hall–Kier alpha value is -1.96. The fourth-order valence-electron chi connectivity index (χ4n) is 5.71. The van der Waals surface area contributed by atoms with Gasteiger partial charge in [-0.3, -0.25) is 14.5 Å². The lowest BCUT2D eigenvalue weighted by Gasteiger charge is -2.34. The number of halogens is 2. The zero-order valence-corrected chi connectivity index (χ0v) is 25.3. The molecule has 0 spiro atoms. The summed E-state index contributed by atoms with van der Waals surface area (Å²) in [6.45, 7) is 5.89. The third kappa shape index (κ3) is 8.55. The molecule has 3 aliphatic heterocycles. The Bertz CT molecular complexity index is 1180. The van der Waals surface area contributed by atoms with Crippen molar-refractivity contribution < 1.29 is 32.6 Å². The van der Waals surface area contributed by atoms with Crippen LogP contribution in [-0.4, -0.2) is 110 Å². The summed E-state index contributed by atoms with van der Waals surface area (Å²) in [7, 11) is -4.10. The highest BCUT2D eigenvalue weighted by atomic mass is 35.5. The predicted octanol–water partition coefficient (Wildman–Crippen LogP) is 2.46. The van der Waals surface area contributed by atoms with Gasteiger partial charge in [0.1, 0.15) is 12.1 Å². The summed E-state index contributed by atoms with van der Waals surface area (Å²) >= 11 is 12.0. The van der Waals surface area contributed by atoms with Crippen molar-refractivity contribution in [2.75, 3.05) is 52.5 Å². The highest BCUT2D eigenvalue weighted by molar-refractivity contribution is 7.89. The second-order valence-corrected chi connectivity index (χ2v) is 13.6. The van der Waals surface area contributed by atoms with Crippen LogP contribution < -0.4 is 5.32 Å². The van der Waals surface area contributed by atoms with Gasteiger partial charge < -0.3 is 20.1 Å². The minimum Gasteiger partial charge on any atom is -0.480 e. The zero-order valence-electron chi connectivity index (χ0n) is 23.0. The van der Waals surface area contributed by atoms with Gasteiger partial charge in [-0.1, -0.05) is 23.2 Å². The van der Waals surface area contributed by atoms with E-state index in [1.54, 1.807) is 4.90 Å². The van der Waals surface area contributed by atoms with Crippen molar-refractivity contribution in [3.05, 3.63) is 28.2 Å². The molecule has 0 bridgehead atoms. The second kappa shape index (κ2) is 14.5. The molecule has 0 aliphatic carbocycles. The first-order valence-corrected chi connectivity index (χ1v) is 16.3. The molecule has 0 saturated carbocycles. The molecule has 2 atom stereocenters. The Morgan fingerprint density at radius 2 is 1.66 bits per heavy atom. The van der Waals surface area contributed by atoms with Gasteiger partial charge in [-0.2, -0.15) is 4.31 Å². The first-order valence-electron chi connectivity index (χ1n) is 14.1. The summed E-state index contributed by atoms with van der Waals surface area (Å²) in [5, 5.41) is 12.5. The number of rotatable bonds is 11. The van der Waals surface area contributed by atoms with Crippen molar-refractivity contribution in [1.29, 1.82) is 0 Å². The van der Waals surface area contributed by atoms with E-state index in [1.165, 1.54) is 18.2 Å². The van der Waals surface area contributed by atoms with Gasteiger partial charge in [-0.25, -0.2) is 13.2 Å². The quantitative estimate of drug-likeness (QED) is 0.380. The van der Waals surface area contributed by atoms with E-state index in [1.807, 2.05) is 0 Å². The number of carboxylic acids is 1. The predicted molar refractivity (Wildman–Crippen MR) is 153 cm³/mol. The van der Waals surface area contributed by atoms with Crippen molar-refractivity contribution in [2.24, 2.45) is 5.92 Å². The Morgan fingerprint density at radius 3 is 2.29 bits per heavy atom. The summed E-state index contributed by atoms with van der Waals surface area (Å²) < 4.78 is 33.0. The lowest BCUT2D eigenvalue weighted by molar-refractivity contribution is -0.143. The first-order chi connectivity index (χ1) is 19.5. The van der Waals surface area contributed by atoms with Crippen LogP contribution >= 0.6 is 23.2 Å². The Morgan fingerprint density at radius 1 is 1.00 bits per heavy atom. The number of aliphatic carboxylic acids is 1. The SMILES string of the molecule is O=C(O)[C@H](CCC(=O)N1CCC(CCN2CCOCC2)CC1)NC(=O)[C@H]1CCCN1S(=O)(=O)c1cc(Cl)cc(Cl)c1. The van der Waals surface area contributed by atoms with E-state index < -0.39 is 34.0 Å². The lowest BCUT2D eigenvalue weighted by Crippen LogP contribution is -2.51. The van der Waals surface area contributed by atoms with Crippen molar-refractivity contribution in [2.45, 2.75) is 61.9 Å². The molecule has 1 aromatic carbocycles. The monoisotopic (exact) mass is 632 g/mol. The number of nitrogens with one attached hydrogen (secondary N) is 1. The second-order valence-electron chi connectivity index (χ2n) is 10.9. The molecular weight excluding hydrogens is 595 g/mol. The van der Waals surface area contributed by atoms with Gasteiger partial charge in [0, 0.05) is 49.2 Å². The largest absolute Gasteiger partial charge is 0.480 e. The molecule has 0 unspecified atom stereocenters. The van der Waals surface area contributed by atoms with Gasteiger partial charge in [0.25, 0.3) is 0 Å². The summed E-state index contributed by atoms with van der Waals surface area (Å²) in [6.07, 6.45) is 3.49. The maximum Gasteiger partial charge on any atom is 0.326 e. The number of carbonyl (C=O) groups excluding carboxylic acids is 2. The number of likely N-dealkylation sites (tertiary alicyclic amines) is 1. The van der Waals surface area contributed by atoms with E-state index in [-0.39, 0.29) is 46.7 Å². The fraction of sp³-hybridized carbons (Fsp3) is 0.667. The molecule has 3 aliphatic rings. The normalized spacial score (nSPS) is 22.0. The minimum atomic E-state index is -4.10. The number of morpholine rings is 1. The molecule has 3 fully saturated rings. The molecule has 4 rings (SSSR count). The van der Waals surface area contributed by atoms with Crippen LogP contribution in [0.5, 0.6) is 0 Å². The Kier molecular flexibility index (Phi) is 11.3. The number of ether oxygens (including phenoxy) is 1. The van der Waals surface area contributed by atoms with Crippen LogP contribution in [0.4, 0.5) is 0 Å². The molecule has 2 N–H and O–H groups in total. The van der Waals surface area contributed by atoms with E-state index in [0.717, 1.165) is 56.4 Å². The summed E-state index contributed by atoms with van der Waals surface area (Å²) in [4.78, 5) is 42.0. The summed E-state index contributed by atoms with van der Waals surface area (Å²) in [5.74, 6) is -1.57. The van der Waals surface area contributed by atoms with Crippen molar-refractivity contribution in [1.82, 2.24) is 19.4 Å². The van der Waals surface area contributed by atoms with E-state index >= 15 is 0 Å². The van der Waals surface area contributed by atoms with Crippen LogP contribution in [0.1, 0.15) is 44.9 Å². The molecule has 3 heterocycles. The van der Waals surface area contributed by atoms with Crippen LogP contribution in [0.2, 0.25) is 10.0 Å². The van der Waals surface area contributed by atoms with Gasteiger partial charge in [0.2, 0.25) is 21.8 Å². The number of hydrogen-bond acceptors (Lipinski definition) is 7. The molecule has 0 radical (unpaired) electrons. The molecule has 0 aromatic heterocycles. The van der Waals surface area contributed by atoms with Crippen LogP contribution in [0.25, 0.3) is 0 Å². The standard InChI is InChI=1S/C27H38Cl2N4O7S/c28-20-16-21(29)18-22(17-20)41(38,39)33-8-1-2-24(33)26(35)30-23(27(36)37)3-4-25(34)32-10-6-19(7-11-32)5-9-31-12-14-40-15-13-31/h16-19,23-24H,1-15H2,(H,30,35)(H,36,37)/t23-,24+/m0/s1. The average Bonchev–Trinajstić information content (AvgIpc) is 3.45. The third-order valence-electron chi connectivity index (χ3n) is 8.13. The van der Waals surface area contributed by atoms with E-state index in [9.17, 15) is 27.9 Å². The number of hydrogen-bond donors (Lipinski definition) is 2. The van der Waals surface area contributed by atoms with Gasteiger partial charge >= 0.3 is 5.97 Å². The molecule has 41 heavy (non-hydrogen) atoms. The Labute approximate surface area is 251 Å². The number of benzene rings is 1. The van der Waals surface area contributed by atoms with Crippen molar-refractivity contribution in [3.8, 4) is 0 Å². The smallest absolute Gasteiger partial charge is 0.326 e. The zero-order chi connectivity index (χ0) is 29.6. The van der Waals surface area contributed by atoms with E-state index in [2.05, 4.69) is 10.2 Å². The molecule has 11 nitrogen and oxygen atoms in total. The molecule has 1 aromatic rings. The van der Waals surface area contributed by atoms with Gasteiger partial charge in [-0.15, -0.1) is 0 Å². The Balaban J connectivity index is 1.26. The van der Waals surface area contributed by atoms with E-state index in [0.29, 0.717) is 25.4 Å². The van der Waals surface area contributed by atoms with Crippen molar-refractivity contribution >= 4 is 51.0 Å². The van der Waals surface area contributed by atoms with E-state index in [4.69, 9.17) is 27.9 Å². The first kappa shape index (κ1) is 32.0. The molecule has 228 valence electrons. The lowest BCUT2D eigenvalue weighted by atomic mass is 9.93. The van der Waals surface area contributed by atoms with Crippen LogP contribution in [0, 0.1) is 5.92 Å². The van der Waals surface area contributed by atoms with Crippen LogP contribution in [-0.2, 0) is 29.1 Å². The summed E-state index contributed by atoms with van der Waals surface area (Å²) in [5.41, 5.74) is 0. The number of carbonyl (C=O) groups is 3. The van der Waals surface area contributed by atoms with Crippen LogP contribution in [0.15, 0.2) is 23.1 Å². The van der Waals surface area contributed by atoms with Crippen LogP contribution in [0.3, 0.4) is 0 Å². The topological polar surface area (TPSA) is 137 Å². The molecular formula is C27H38Cl2N4O7S. The highest BCUT2D eigenvalue weighted by Crippen LogP contribution is 2.30. The molecule has 3 saturated heterocycles. The maximum absolute atomic E-state index is 13.3. The van der Waals surface area contributed by atoms with Crippen molar-refractivity contribution in [3.63, 3.8) is 0 Å². The summed E-state index contributed by atoms with van der Waals surface area (Å²) in [6, 6.07) is 1.53. The van der Waals surface area contributed by atoms with Gasteiger partial charge in [0.15, 0.2) is 0 Å². The number of amides is 2. The fourth-order valence-corrected chi connectivity index (χ4v) is 8.10. The third-order valence-corrected chi connectivity index (χ3v) is 10.5. The minimum absolute atomic E-state index is 0.0244.